The van der Waals surface area contributed by atoms with E-state index >= 15 is 0 Å². The van der Waals surface area contributed by atoms with Crippen LogP contribution in [-0.2, 0) is 24.9 Å². The maximum absolute atomic E-state index is 10.0. The number of hydrogen-bond donors (Lipinski definition) is 1. The van der Waals surface area contributed by atoms with Crippen LogP contribution in [0.3, 0.4) is 0 Å². The number of para-hydroxylation sites is 1. The van der Waals surface area contributed by atoms with Gasteiger partial charge in [0, 0.05) is 12.3 Å². The van der Waals surface area contributed by atoms with Gasteiger partial charge in [0.2, 0.25) is 0 Å². The molecular formula is C38H42IrN3O2. The zero-order valence-electron chi connectivity index (χ0n) is 26.3. The summed E-state index contributed by atoms with van der Waals surface area (Å²) in [6.07, 6.45) is 12.4. The predicted molar refractivity (Wildman–Crippen MR) is 177 cm³/mol. The van der Waals surface area contributed by atoms with Crippen LogP contribution in [0.4, 0.5) is 5.69 Å². The molecule has 0 bridgehead atoms. The van der Waals surface area contributed by atoms with E-state index in [0.29, 0.717) is 11.3 Å². The molecule has 0 amide bonds. The first-order chi connectivity index (χ1) is 20.6. The number of pyridine rings is 1. The fourth-order valence-corrected chi connectivity index (χ4v) is 5.37. The zero-order chi connectivity index (χ0) is 30.8. The van der Waals surface area contributed by atoms with Crippen LogP contribution in [0, 0.1) is 24.2 Å². The van der Waals surface area contributed by atoms with Gasteiger partial charge in [-0.25, -0.2) is 0 Å². The van der Waals surface area contributed by atoms with Crippen LogP contribution in [-0.4, -0.2) is 27.8 Å². The molecule has 4 aromatic rings. The first kappa shape index (κ1) is 34.8. The van der Waals surface area contributed by atoms with Gasteiger partial charge < -0.3 is 19.9 Å². The van der Waals surface area contributed by atoms with E-state index in [1.165, 1.54) is 61.9 Å². The molecule has 0 radical (unpaired) electrons. The quantitative estimate of drug-likeness (QED) is 0.128. The Bertz CT molecular complexity index is 1540. The summed E-state index contributed by atoms with van der Waals surface area (Å²) in [5, 5.41) is 10.9. The molecule has 1 aromatic heterocycles. The number of aliphatic hydroxyl groups excluding tert-OH is 1. The Morgan fingerprint density at radius 1 is 1.00 bits per heavy atom. The van der Waals surface area contributed by atoms with E-state index in [-0.39, 0.29) is 31.6 Å². The number of hydrogen-bond acceptors (Lipinski definition) is 5. The van der Waals surface area contributed by atoms with Gasteiger partial charge in [0.25, 0.3) is 0 Å². The van der Waals surface area contributed by atoms with E-state index in [1.54, 1.807) is 0 Å². The van der Waals surface area contributed by atoms with Crippen molar-refractivity contribution in [2.75, 3.05) is 11.9 Å². The SMILES string of the molecule is CC(=O)/C=C(/C)O.CC1(C)CCC(c2ccc3c(-c4[c-]cccc4)nccc3c2)CC1.CN1C=CN(c2[c-]cccc2)[CH-]1.[Ir+3]. The van der Waals surface area contributed by atoms with Crippen molar-refractivity contribution in [3.63, 3.8) is 0 Å². The molecule has 0 atom stereocenters. The Kier molecular flexibility index (Phi) is 12.9. The average Bonchev–Trinajstić information content (AvgIpc) is 3.44. The number of benzene rings is 3. The van der Waals surface area contributed by atoms with Crippen molar-refractivity contribution in [1.82, 2.24) is 9.88 Å². The number of ketones is 1. The molecule has 44 heavy (non-hydrogen) atoms. The second-order valence-corrected chi connectivity index (χ2v) is 12.0. The topological polar surface area (TPSA) is 56.7 Å². The monoisotopic (exact) mass is 765 g/mol. The fraction of sp³-hybridized carbons (Fsp3) is 0.289. The third-order valence-electron chi connectivity index (χ3n) is 7.72. The number of allylic oxidation sites excluding steroid dienone is 2. The zero-order valence-corrected chi connectivity index (χ0v) is 28.6. The summed E-state index contributed by atoms with van der Waals surface area (Å²) in [6, 6.07) is 31.5. The number of aliphatic hydroxyl groups is 1. The number of aromatic nitrogens is 1. The van der Waals surface area contributed by atoms with Gasteiger partial charge in [-0.2, -0.15) is 37.0 Å². The molecule has 1 N–H and O–H groups in total. The molecule has 0 saturated heterocycles. The minimum Gasteiger partial charge on any atom is -0.512 e. The number of carbonyl (C=O) groups is 1. The van der Waals surface area contributed by atoms with Crippen molar-refractivity contribution in [1.29, 1.82) is 0 Å². The predicted octanol–water partition coefficient (Wildman–Crippen LogP) is 9.25. The minimum absolute atomic E-state index is 0. The van der Waals surface area contributed by atoms with E-state index in [0.717, 1.165) is 16.9 Å². The molecule has 1 aliphatic carbocycles. The molecule has 3 aromatic carbocycles. The van der Waals surface area contributed by atoms with Gasteiger partial charge >= 0.3 is 20.1 Å². The standard InChI is InChI=1S/C23H24N.C10H10N2.C5H8O2.Ir/c1-23(2)13-10-17(11-14-23)19-8-9-21-20(16-19)12-15-24-22(21)18-6-4-3-5-7-18;1-11-7-8-12(9-11)10-5-3-2-4-6-10;1-4(6)3-5(2)7;/h3-6,8-9,12,15-17H,10-11,13-14H2,1-2H3;2-5,7-9H,1H3;3,6H,1-2H3;/q-1;-2;;+3/b;;4-3-;. The molecular weight excluding hydrogens is 723 g/mol. The normalized spacial score (nSPS) is 15.9. The van der Waals surface area contributed by atoms with Crippen molar-refractivity contribution in [2.24, 2.45) is 5.41 Å². The summed E-state index contributed by atoms with van der Waals surface area (Å²) >= 11 is 0. The van der Waals surface area contributed by atoms with E-state index in [9.17, 15) is 4.79 Å². The Balaban J connectivity index is 0.000000221. The van der Waals surface area contributed by atoms with Gasteiger partial charge in [-0.3, -0.25) is 4.79 Å². The summed E-state index contributed by atoms with van der Waals surface area (Å²) in [6.45, 7) is 9.66. The molecule has 6 heteroatoms. The molecule has 0 unspecified atom stereocenters. The second-order valence-electron chi connectivity index (χ2n) is 12.0. The van der Waals surface area contributed by atoms with Gasteiger partial charge in [0.05, 0.1) is 5.76 Å². The van der Waals surface area contributed by atoms with Crippen LogP contribution >= 0.6 is 0 Å². The number of nitrogens with zero attached hydrogens (tertiary/aromatic N) is 3. The number of anilines is 1. The number of carbonyl (C=O) groups excluding carboxylic acids is 1. The molecule has 2 heterocycles. The summed E-state index contributed by atoms with van der Waals surface area (Å²) in [5.74, 6) is 0.648. The van der Waals surface area contributed by atoms with Crippen LogP contribution < -0.4 is 4.90 Å². The van der Waals surface area contributed by atoms with Crippen LogP contribution in [0.15, 0.2) is 103 Å². The smallest absolute Gasteiger partial charge is 0.512 e. The Morgan fingerprint density at radius 2 is 1.70 bits per heavy atom. The summed E-state index contributed by atoms with van der Waals surface area (Å²) in [4.78, 5) is 18.7. The van der Waals surface area contributed by atoms with Gasteiger partial charge in [0.15, 0.2) is 5.78 Å². The molecule has 2 aliphatic rings. The average molecular weight is 765 g/mol. The van der Waals surface area contributed by atoms with Gasteiger partial charge in [-0.1, -0.05) is 32.0 Å². The Hall–Kier alpha value is -3.73. The van der Waals surface area contributed by atoms with Crippen molar-refractivity contribution < 1.29 is 30.0 Å². The molecule has 0 spiro atoms. The van der Waals surface area contributed by atoms with Crippen LogP contribution in [0.5, 0.6) is 0 Å². The molecule has 5 nitrogen and oxygen atoms in total. The van der Waals surface area contributed by atoms with Crippen molar-refractivity contribution in [2.45, 2.75) is 59.3 Å². The molecule has 6 rings (SSSR count). The van der Waals surface area contributed by atoms with Gasteiger partial charge in [0.1, 0.15) is 0 Å². The van der Waals surface area contributed by atoms with Crippen LogP contribution in [0.1, 0.15) is 64.9 Å². The van der Waals surface area contributed by atoms with Gasteiger partial charge in [-0.15, -0.1) is 41.6 Å². The molecule has 1 aliphatic heterocycles. The summed E-state index contributed by atoms with van der Waals surface area (Å²) < 4.78 is 0. The first-order valence-electron chi connectivity index (χ1n) is 14.9. The summed E-state index contributed by atoms with van der Waals surface area (Å²) in [5.41, 5.74) is 5.18. The van der Waals surface area contributed by atoms with Crippen LogP contribution in [0.2, 0.25) is 0 Å². The van der Waals surface area contributed by atoms with E-state index in [4.69, 9.17) is 5.11 Å². The van der Waals surface area contributed by atoms with E-state index < -0.39 is 0 Å². The Morgan fingerprint density at radius 3 is 2.25 bits per heavy atom. The van der Waals surface area contributed by atoms with Crippen molar-refractivity contribution in [3.05, 3.63) is 128 Å². The Labute approximate surface area is 276 Å². The number of rotatable bonds is 4. The van der Waals surface area contributed by atoms with Crippen LogP contribution in [0.25, 0.3) is 22.0 Å². The second kappa shape index (κ2) is 16.4. The third-order valence-corrected chi connectivity index (χ3v) is 7.72. The minimum atomic E-state index is -0.125. The molecule has 1 saturated carbocycles. The van der Waals surface area contributed by atoms with Gasteiger partial charge in [-0.05, 0) is 98.4 Å². The summed E-state index contributed by atoms with van der Waals surface area (Å²) in [7, 11) is 2.00. The number of fused-ring (bicyclic) bond motifs is 1. The first-order valence-corrected chi connectivity index (χ1v) is 14.9. The van der Waals surface area contributed by atoms with E-state index in [2.05, 4.69) is 61.3 Å². The fourth-order valence-electron chi connectivity index (χ4n) is 5.37. The van der Waals surface area contributed by atoms with Crippen molar-refractivity contribution in [3.8, 4) is 11.3 Å². The molecule has 230 valence electrons. The maximum atomic E-state index is 10.0. The maximum Gasteiger partial charge on any atom is 3.00 e. The van der Waals surface area contributed by atoms with Crippen molar-refractivity contribution >= 4 is 22.2 Å². The largest absolute Gasteiger partial charge is 3.00 e. The third kappa shape index (κ3) is 10.2. The van der Waals surface area contributed by atoms with E-state index in [1.807, 2.05) is 84.6 Å². The molecule has 1 fully saturated rings.